The van der Waals surface area contributed by atoms with Crippen molar-refractivity contribution in [1.82, 2.24) is 20.9 Å². The molecule has 1 aliphatic rings. The van der Waals surface area contributed by atoms with Gasteiger partial charge in [0.2, 0.25) is 17.7 Å². The second kappa shape index (κ2) is 16.2. The molecule has 42 heavy (non-hydrogen) atoms. The molecule has 0 spiro atoms. The molecule has 0 bridgehead atoms. The Balaban J connectivity index is 2.27. The molecule has 12 nitrogen and oxygen atoms in total. The number of hydrogen-bond donors (Lipinski definition) is 4. The zero-order valence-electron chi connectivity index (χ0n) is 25.2. The first-order valence-electron chi connectivity index (χ1n) is 14.1. The van der Waals surface area contributed by atoms with Crippen LogP contribution in [0.4, 0.5) is 4.79 Å². The van der Waals surface area contributed by atoms with Crippen LogP contribution in [0.1, 0.15) is 59.4 Å². The maximum atomic E-state index is 13.6. The Labute approximate surface area is 251 Å². The molecule has 234 valence electrons. The van der Waals surface area contributed by atoms with Crippen LogP contribution in [0.3, 0.4) is 0 Å². The summed E-state index contributed by atoms with van der Waals surface area (Å²) < 4.78 is 10.2. The molecule has 1 aromatic rings. The average Bonchev–Trinajstić information content (AvgIpc) is 3.34. The standard InChI is InChI=1S/C29H44N4O8S/c1-7-18(2)24(27(38)40-6)32-25(36)21(15-19-10-12-20(34)13-11-19)30-26(37)22(31-28(39)41-29(3,4)5)16-42-17-33-14-8-9-23(33)35/h10-13,18,21-22,24,34H,7-9,14-17H2,1-6H3,(H,30,37)(H,31,39)(H,32,36)/t18-,21-,22-,24-/m0/s1. The lowest BCUT2D eigenvalue weighted by Gasteiger charge is -2.27. The normalized spacial score (nSPS) is 16.1. The number of methoxy groups -OCH3 is 1. The third-order valence-corrected chi connectivity index (χ3v) is 7.75. The molecule has 4 N–H and O–H groups in total. The first kappa shape index (κ1) is 34.7. The lowest BCUT2D eigenvalue weighted by atomic mass is 9.98. The number of ether oxygens (including phenoxy) is 2. The monoisotopic (exact) mass is 608 g/mol. The first-order valence-corrected chi connectivity index (χ1v) is 15.2. The van der Waals surface area contributed by atoms with Crippen molar-refractivity contribution in [2.45, 2.75) is 84.0 Å². The highest BCUT2D eigenvalue weighted by Crippen LogP contribution is 2.17. The summed E-state index contributed by atoms with van der Waals surface area (Å²) in [6.45, 7) is 9.41. The van der Waals surface area contributed by atoms with Crippen molar-refractivity contribution in [1.29, 1.82) is 0 Å². The predicted molar refractivity (Wildman–Crippen MR) is 159 cm³/mol. The van der Waals surface area contributed by atoms with E-state index in [-0.39, 0.29) is 29.7 Å². The summed E-state index contributed by atoms with van der Waals surface area (Å²) in [7, 11) is 1.24. The van der Waals surface area contributed by atoms with E-state index in [2.05, 4.69) is 16.0 Å². The molecule has 0 radical (unpaired) electrons. The smallest absolute Gasteiger partial charge is 0.408 e. The minimum absolute atomic E-state index is 0.0377. The van der Waals surface area contributed by atoms with Gasteiger partial charge in [-0.1, -0.05) is 32.4 Å². The van der Waals surface area contributed by atoms with E-state index in [4.69, 9.17) is 9.47 Å². The summed E-state index contributed by atoms with van der Waals surface area (Å²) in [6, 6.07) is 3.00. The third kappa shape index (κ3) is 11.4. The number of benzene rings is 1. The van der Waals surface area contributed by atoms with Crippen LogP contribution in [-0.2, 0) is 35.1 Å². The van der Waals surface area contributed by atoms with Crippen molar-refractivity contribution in [3.8, 4) is 5.75 Å². The molecule has 1 fully saturated rings. The number of rotatable bonds is 14. The number of hydrogen-bond acceptors (Lipinski definition) is 9. The zero-order chi connectivity index (χ0) is 31.4. The molecule has 0 aliphatic carbocycles. The highest BCUT2D eigenvalue weighted by atomic mass is 32.2. The number of nitrogens with one attached hydrogen (secondary N) is 3. The van der Waals surface area contributed by atoms with E-state index in [1.54, 1.807) is 44.7 Å². The predicted octanol–water partition coefficient (Wildman–Crippen LogP) is 2.33. The van der Waals surface area contributed by atoms with Crippen molar-refractivity contribution < 1.29 is 38.6 Å². The van der Waals surface area contributed by atoms with Crippen LogP contribution < -0.4 is 16.0 Å². The van der Waals surface area contributed by atoms with Crippen LogP contribution in [0.15, 0.2) is 24.3 Å². The van der Waals surface area contributed by atoms with Gasteiger partial charge in [-0.05, 0) is 50.8 Å². The lowest BCUT2D eigenvalue weighted by molar-refractivity contribution is -0.147. The molecule has 1 heterocycles. The number of amides is 4. The van der Waals surface area contributed by atoms with E-state index in [1.807, 2.05) is 6.92 Å². The minimum Gasteiger partial charge on any atom is -0.508 e. The quantitative estimate of drug-likeness (QED) is 0.232. The fourth-order valence-corrected chi connectivity index (χ4v) is 5.22. The number of carbonyl (C=O) groups is 5. The molecule has 2 rings (SSSR count). The molecule has 0 aromatic heterocycles. The number of carbonyl (C=O) groups excluding carboxylic acids is 5. The van der Waals surface area contributed by atoms with Crippen molar-refractivity contribution >= 4 is 41.5 Å². The Morgan fingerprint density at radius 2 is 1.69 bits per heavy atom. The summed E-state index contributed by atoms with van der Waals surface area (Å²) >= 11 is 1.30. The average molecular weight is 609 g/mol. The lowest BCUT2D eigenvalue weighted by Crippen LogP contribution is -2.58. The maximum absolute atomic E-state index is 13.6. The molecular weight excluding hydrogens is 564 g/mol. The van der Waals surface area contributed by atoms with Crippen LogP contribution >= 0.6 is 11.8 Å². The Morgan fingerprint density at radius 1 is 1.05 bits per heavy atom. The van der Waals surface area contributed by atoms with Gasteiger partial charge in [-0.15, -0.1) is 11.8 Å². The number of nitrogens with zero attached hydrogens (tertiary/aromatic N) is 1. The molecule has 1 aliphatic heterocycles. The van der Waals surface area contributed by atoms with E-state index in [0.29, 0.717) is 30.8 Å². The largest absolute Gasteiger partial charge is 0.508 e. The molecule has 0 unspecified atom stereocenters. The molecule has 4 atom stereocenters. The van der Waals surface area contributed by atoms with Gasteiger partial charge in [-0.3, -0.25) is 14.4 Å². The van der Waals surface area contributed by atoms with E-state index >= 15 is 0 Å². The SMILES string of the molecule is CC[C@H](C)[C@H](NC(=O)[C@H](Cc1ccc(O)cc1)NC(=O)[C@H](CSCN1CCCC1=O)NC(=O)OC(C)(C)C)C(=O)OC. The summed E-state index contributed by atoms with van der Waals surface area (Å²) in [5.41, 5.74) is -0.162. The van der Waals surface area contributed by atoms with E-state index in [0.717, 1.165) is 6.42 Å². The van der Waals surface area contributed by atoms with Crippen LogP contribution in [-0.4, -0.2) is 88.8 Å². The van der Waals surface area contributed by atoms with Gasteiger partial charge in [0.25, 0.3) is 0 Å². The number of alkyl carbamates (subject to hydrolysis) is 1. The van der Waals surface area contributed by atoms with Gasteiger partial charge < -0.3 is 35.4 Å². The maximum Gasteiger partial charge on any atom is 0.408 e. The molecule has 0 saturated carbocycles. The number of thioether (sulfide) groups is 1. The van der Waals surface area contributed by atoms with Gasteiger partial charge >= 0.3 is 12.1 Å². The molecule has 1 aromatic carbocycles. The van der Waals surface area contributed by atoms with Gasteiger partial charge in [0.15, 0.2) is 0 Å². The Kier molecular flexibility index (Phi) is 13.4. The van der Waals surface area contributed by atoms with Gasteiger partial charge in [0, 0.05) is 25.1 Å². The Hall–Kier alpha value is -3.48. The van der Waals surface area contributed by atoms with Crippen LogP contribution in [0.25, 0.3) is 0 Å². The van der Waals surface area contributed by atoms with Crippen LogP contribution in [0, 0.1) is 5.92 Å². The second-order valence-electron chi connectivity index (χ2n) is 11.3. The summed E-state index contributed by atoms with van der Waals surface area (Å²) in [6.07, 6.45) is 1.09. The minimum atomic E-state index is -1.13. The number of phenols is 1. The molecular formula is C29H44N4O8S. The Morgan fingerprint density at radius 3 is 2.24 bits per heavy atom. The summed E-state index contributed by atoms with van der Waals surface area (Å²) in [4.78, 5) is 65.8. The zero-order valence-corrected chi connectivity index (χ0v) is 26.0. The number of phenolic OH excluding ortho intramolecular Hbond substituents is 1. The van der Waals surface area contributed by atoms with E-state index in [1.165, 1.54) is 31.0 Å². The fourth-order valence-electron chi connectivity index (χ4n) is 4.15. The second-order valence-corrected chi connectivity index (χ2v) is 12.3. The number of likely N-dealkylation sites (tertiary alicyclic amines) is 1. The summed E-state index contributed by atoms with van der Waals surface area (Å²) in [5.74, 6) is -1.55. The van der Waals surface area contributed by atoms with Crippen molar-refractivity contribution in [3.63, 3.8) is 0 Å². The summed E-state index contributed by atoms with van der Waals surface area (Å²) in [5, 5.41) is 17.7. The van der Waals surface area contributed by atoms with E-state index in [9.17, 15) is 29.1 Å². The highest BCUT2D eigenvalue weighted by molar-refractivity contribution is 7.99. The molecule has 1 saturated heterocycles. The van der Waals surface area contributed by atoms with Gasteiger partial charge in [0.1, 0.15) is 29.5 Å². The topological polar surface area (TPSA) is 163 Å². The van der Waals surface area contributed by atoms with E-state index < -0.39 is 47.6 Å². The van der Waals surface area contributed by atoms with Gasteiger partial charge in [0.05, 0.1) is 13.0 Å². The van der Waals surface area contributed by atoms with Gasteiger partial charge in [-0.2, -0.15) is 0 Å². The van der Waals surface area contributed by atoms with Crippen molar-refractivity contribution in [2.24, 2.45) is 5.92 Å². The van der Waals surface area contributed by atoms with Crippen LogP contribution in [0.2, 0.25) is 0 Å². The van der Waals surface area contributed by atoms with Crippen molar-refractivity contribution in [2.75, 3.05) is 25.3 Å². The third-order valence-electron chi connectivity index (χ3n) is 6.69. The first-order chi connectivity index (χ1) is 19.7. The van der Waals surface area contributed by atoms with Crippen molar-refractivity contribution in [3.05, 3.63) is 29.8 Å². The van der Waals surface area contributed by atoms with Gasteiger partial charge in [-0.25, -0.2) is 9.59 Å². The Bertz CT molecular complexity index is 1090. The molecule has 13 heteroatoms. The van der Waals surface area contributed by atoms with Crippen LogP contribution in [0.5, 0.6) is 5.75 Å². The number of esters is 1. The fraction of sp³-hybridized carbons (Fsp3) is 0.621. The highest BCUT2D eigenvalue weighted by Gasteiger charge is 2.33. The number of aromatic hydroxyl groups is 1. The molecule has 4 amide bonds.